The summed E-state index contributed by atoms with van der Waals surface area (Å²) in [5, 5.41) is -1.46. The smallest absolute Gasteiger partial charge is 0.324 e. The highest BCUT2D eigenvalue weighted by atomic mass is 31.1. The number of benzene rings is 1. The number of carbonyl (C=O) groups is 2. The highest BCUT2D eigenvalue weighted by Gasteiger charge is 2.45. The molecule has 0 saturated carbocycles. The van der Waals surface area contributed by atoms with E-state index < -0.39 is 19.6 Å². The van der Waals surface area contributed by atoms with E-state index in [1.165, 1.54) is 21.3 Å². The van der Waals surface area contributed by atoms with Crippen LogP contribution in [0.5, 0.6) is 11.5 Å². The van der Waals surface area contributed by atoms with E-state index in [2.05, 4.69) is 20.8 Å². The summed E-state index contributed by atoms with van der Waals surface area (Å²) in [7, 11) is 3.71. The van der Waals surface area contributed by atoms with Crippen molar-refractivity contribution in [3.8, 4) is 11.5 Å². The minimum atomic E-state index is -1.46. The molecule has 0 aliphatic carbocycles. The third-order valence-electron chi connectivity index (χ3n) is 4.55. The normalized spacial score (nSPS) is 14.8. The first-order valence-corrected chi connectivity index (χ1v) is 10.0. The SMILES string of the molecule is COC(=O)C(CC(=O)c1c(OC)cccc1OC)(CC(C)CC(C)(C)C)P=O. The van der Waals surface area contributed by atoms with E-state index in [0.29, 0.717) is 11.5 Å². The lowest BCUT2D eigenvalue weighted by atomic mass is 9.80. The van der Waals surface area contributed by atoms with Gasteiger partial charge in [0.05, 0.1) is 21.3 Å². The largest absolute Gasteiger partial charge is 0.496 e. The lowest BCUT2D eigenvalue weighted by molar-refractivity contribution is -0.144. The van der Waals surface area contributed by atoms with Gasteiger partial charge in [-0.3, -0.25) is 14.2 Å². The second kappa shape index (κ2) is 10.0. The average molecular weight is 410 g/mol. The lowest BCUT2D eigenvalue weighted by Crippen LogP contribution is -2.38. The van der Waals surface area contributed by atoms with Gasteiger partial charge in [0, 0.05) is 6.42 Å². The van der Waals surface area contributed by atoms with Gasteiger partial charge >= 0.3 is 5.97 Å². The molecule has 2 unspecified atom stereocenters. The maximum absolute atomic E-state index is 13.2. The van der Waals surface area contributed by atoms with Crippen LogP contribution in [-0.4, -0.2) is 38.2 Å². The molecule has 0 bridgehead atoms. The van der Waals surface area contributed by atoms with Crippen LogP contribution in [0.4, 0.5) is 0 Å². The fourth-order valence-corrected chi connectivity index (χ4v) is 4.46. The first-order valence-electron chi connectivity index (χ1n) is 9.20. The molecule has 28 heavy (non-hydrogen) atoms. The first kappa shape index (κ1) is 24.1. The van der Waals surface area contributed by atoms with Gasteiger partial charge in [-0.25, -0.2) is 0 Å². The summed E-state index contributed by atoms with van der Waals surface area (Å²) >= 11 is 0. The summed E-state index contributed by atoms with van der Waals surface area (Å²) < 4.78 is 27.7. The number of esters is 1. The van der Waals surface area contributed by atoms with E-state index in [1.54, 1.807) is 18.2 Å². The molecule has 0 amide bonds. The molecule has 0 radical (unpaired) electrons. The Balaban J connectivity index is 3.29. The number of methoxy groups -OCH3 is 3. The zero-order valence-corrected chi connectivity index (χ0v) is 18.7. The standard InChI is InChI=1S/C21H31O6P/c1-14(11-20(2,3)4)12-21(28-24,19(23)27-7)13-15(22)18-16(25-5)9-8-10-17(18)26-6/h8-10,14H,11-13H2,1-7H3. The van der Waals surface area contributed by atoms with Gasteiger partial charge in [0.2, 0.25) is 0 Å². The van der Waals surface area contributed by atoms with E-state index in [9.17, 15) is 14.2 Å². The summed E-state index contributed by atoms with van der Waals surface area (Å²) in [6.07, 6.45) is 0.814. The van der Waals surface area contributed by atoms with Crippen molar-refractivity contribution in [2.75, 3.05) is 21.3 Å². The second-order valence-electron chi connectivity index (χ2n) is 8.33. The van der Waals surface area contributed by atoms with Gasteiger partial charge in [-0.15, -0.1) is 0 Å². The Morgan fingerprint density at radius 3 is 1.96 bits per heavy atom. The van der Waals surface area contributed by atoms with Gasteiger partial charge in [-0.05, 0) is 36.3 Å². The summed E-state index contributed by atoms with van der Waals surface area (Å²) in [6.45, 7) is 8.29. The average Bonchev–Trinajstić information content (AvgIpc) is 2.64. The van der Waals surface area contributed by atoms with Gasteiger partial charge in [-0.1, -0.05) is 33.8 Å². The molecule has 6 nitrogen and oxygen atoms in total. The number of rotatable bonds is 10. The highest BCUT2D eigenvalue weighted by Crippen LogP contribution is 2.41. The molecule has 2 atom stereocenters. The van der Waals surface area contributed by atoms with Crippen molar-refractivity contribution in [1.29, 1.82) is 0 Å². The molecule has 156 valence electrons. The Hall–Kier alpha value is -1.94. The number of carbonyl (C=O) groups excluding carboxylic acids is 2. The Morgan fingerprint density at radius 2 is 1.57 bits per heavy atom. The minimum Gasteiger partial charge on any atom is -0.496 e. The molecule has 0 aromatic heterocycles. The Kier molecular flexibility index (Phi) is 8.62. The van der Waals surface area contributed by atoms with Crippen LogP contribution in [0.2, 0.25) is 0 Å². The van der Waals surface area contributed by atoms with E-state index in [4.69, 9.17) is 14.2 Å². The molecule has 1 aromatic carbocycles. The van der Waals surface area contributed by atoms with Crippen molar-refractivity contribution in [3.63, 3.8) is 0 Å². The summed E-state index contributed by atoms with van der Waals surface area (Å²) in [5.41, 5.74) is 0.268. The Morgan fingerprint density at radius 1 is 1.04 bits per heavy atom. The fraction of sp³-hybridized carbons (Fsp3) is 0.619. The number of hydrogen-bond acceptors (Lipinski definition) is 6. The van der Waals surface area contributed by atoms with E-state index in [-0.39, 0.29) is 35.5 Å². The van der Waals surface area contributed by atoms with Crippen LogP contribution in [0.3, 0.4) is 0 Å². The molecule has 1 rings (SSSR count). The van der Waals surface area contributed by atoms with Gasteiger partial charge in [-0.2, -0.15) is 0 Å². The maximum Gasteiger partial charge on any atom is 0.324 e. The quantitative estimate of drug-likeness (QED) is 0.309. The van der Waals surface area contributed by atoms with Crippen LogP contribution in [0, 0.1) is 11.3 Å². The molecular weight excluding hydrogens is 379 g/mol. The lowest BCUT2D eigenvalue weighted by Gasteiger charge is -2.30. The highest BCUT2D eigenvalue weighted by molar-refractivity contribution is 7.28. The third-order valence-corrected chi connectivity index (χ3v) is 5.42. The predicted molar refractivity (Wildman–Crippen MR) is 109 cm³/mol. The van der Waals surface area contributed by atoms with Gasteiger partial charge in [0.15, 0.2) is 19.4 Å². The molecule has 0 N–H and O–H groups in total. The molecule has 0 spiro atoms. The molecule has 0 saturated heterocycles. The van der Waals surface area contributed by atoms with Crippen LogP contribution in [-0.2, 0) is 14.1 Å². The van der Waals surface area contributed by atoms with E-state index in [0.717, 1.165) is 6.42 Å². The van der Waals surface area contributed by atoms with E-state index in [1.807, 2.05) is 6.92 Å². The van der Waals surface area contributed by atoms with Crippen molar-refractivity contribution in [1.82, 2.24) is 0 Å². The molecule has 7 heteroatoms. The van der Waals surface area contributed by atoms with E-state index >= 15 is 0 Å². The Labute approximate surface area is 169 Å². The zero-order valence-electron chi connectivity index (χ0n) is 17.8. The van der Waals surface area contributed by atoms with Gasteiger partial charge < -0.3 is 14.2 Å². The second-order valence-corrected chi connectivity index (χ2v) is 9.36. The molecule has 0 aliphatic rings. The number of hydrogen-bond donors (Lipinski definition) is 0. The van der Waals surface area contributed by atoms with Crippen LogP contribution < -0.4 is 9.47 Å². The molecule has 1 aromatic rings. The number of Topliss-reactive ketones (excluding diaryl/α,β-unsaturated/α-hetero) is 1. The first-order chi connectivity index (χ1) is 13.0. The van der Waals surface area contributed by atoms with Crippen molar-refractivity contribution in [2.24, 2.45) is 11.3 Å². The predicted octanol–water partition coefficient (Wildman–Crippen LogP) is 4.94. The van der Waals surface area contributed by atoms with Crippen molar-refractivity contribution in [3.05, 3.63) is 23.8 Å². The molecular formula is C21H31O6P. The molecule has 0 fully saturated rings. The van der Waals surface area contributed by atoms with Crippen molar-refractivity contribution >= 4 is 20.2 Å². The topological polar surface area (TPSA) is 78.9 Å². The monoisotopic (exact) mass is 410 g/mol. The zero-order chi connectivity index (χ0) is 21.5. The maximum atomic E-state index is 13.2. The Bertz CT molecular complexity index is 687. The van der Waals surface area contributed by atoms with Gasteiger partial charge in [0.25, 0.3) is 0 Å². The summed E-state index contributed by atoms with van der Waals surface area (Å²) in [5.74, 6) is -0.298. The van der Waals surface area contributed by atoms with Crippen LogP contribution in [0.1, 0.15) is 57.3 Å². The number of ketones is 1. The summed E-state index contributed by atoms with van der Waals surface area (Å²) in [4.78, 5) is 25.8. The van der Waals surface area contributed by atoms with Gasteiger partial charge in [0.1, 0.15) is 17.1 Å². The van der Waals surface area contributed by atoms with Crippen LogP contribution in [0.25, 0.3) is 0 Å². The molecule has 0 heterocycles. The van der Waals surface area contributed by atoms with Crippen molar-refractivity contribution < 1.29 is 28.4 Å². The minimum absolute atomic E-state index is 0.0386. The van der Waals surface area contributed by atoms with Crippen LogP contribution >= 0.6 is 8.46 Å². The summed E-state index contributed by atoms with van der Waals surface area (Å²) in [6, 6.07) is 5.00. The van der Waals surface area contributed by atoms with Crippen LogP contribution in [0.15, 0.2) is 18.2 Å². The third kappa shape index (κ3) is 6.03. The van der Waals surface area contributed by atoms with Crippen molar-refractivity contribution in [2.45, 2.75) is 52.1 Å². The fourth-order valence-electron chi connectivity index (χ4n) is 3.70. The molecule has 0 aliphatic heterocycles. The number of ether oxygens (including phenoxy) is 3.